The van der Waals surface area contributed by atoms with E-state index < -0.39 is 0 Å². The zero-order valence-corrected chi connectivity index (χ0v) is 15.5. The van der Waals surface area contributed by atoms with E-state index in [-0.39, 0.29) is 18.3 Å². The van der Waals surface area contributed by atoms with Gasteiger partial charge in [-0.15, -0.1) is 0 Å². The fourth-order valence-corrected chi connectivity index (χ4v) is 2.67. The van der Waals surface area contributed by atoms with Crippen LogP contribution in [-0.2, 0) is 4.74 Å². The number of ether oxygens (including phenoxy) is 2. The summed E-state index contributed by atoms with van der Waals surface area (Å²) in [6.07, 6.45) is 0.951. The van der Waals surface area contributed by atoms with Crippen LogP contribution >= 0.6 is 0 Å². The Morgan fingerprint density at radius 1 is 0.792 bits per heavy atom. The molecule has 2 aromatic rings. The highest BCUT2D eigenvalue weighted by Gasteiger charge is 2.23. The highest BCUT2D eigenvalue weighted by molar-refractivity contribution is 5.29. The molecule has 2 rings (SSSR count). The average Bonchev–Trinajstić information content (AvgIpc) is 2.61. The van der Waals surface area contributed by atoms with Crippen molar-refractivity contribution < 1.29 is 9.47 Å². The maximum atomic E-state index is 6.19. The maximum absolute atomic E-state index is 6.19. The summed E-state index contributed by atoms with van der Waals surface area (Å²) in [5.41, 5.74) is 2.57. The average molecular weight is 326 g/mol. The predicted molar refractivity (Wildman–Crippen MR) is 101 cm³/mol. The van der Waals surface area contributed by atoms with Crippen molar-refractivity contribution in [1.82, 2.24) is 0 Å². The third kappa shape index (κ3) is 5.10. The number of hydrogen-bond acceptors (Lipinski definition) is 2. The Hall–Kier alpha value is -1.80. The fourth-order valence-electron chi connectivity index (χ4n) is 2.67. The third-order valence-electron chi connectivity index (χ3n) is 4.45. The van der Waals surface area contributed by atoms with Crippen LogP contribution in [-0.4, -0.2) is 12.4 Å². The van der Waals surface area contributed by atoms with Crippen LogP contribution in [0, 0.1) is 0 Å². The summed E-state index contributed by atoms with van der Waals surface area (Å²) in [6, 6.07) is 18.8. The van der Waals surface area contributed by atoms with Crippen molar-refractivity contribution in [1.29, 1.82) is 0 Å². The zero-order chi connectivity index (χ0) is 17.5. The predicted octanol–water partition coefficient (Wildman–Crippen LogP) is 6.13. The molecule has 0 saturated heterocycles. The maximum Gasteiger partial charge on any atom is 0.206 e. The minimum atomic E-state index is -0.304. The van der Waals surface area contributed by atoms with Crippen LogP contribution in [0.15, 0.2) is 54.6 Å². The zero-order valence-electron chi connectivity index (χ0n) is 15.5. The van der Waals surface area contributed by atoms with Gasteiger partial charge in [-0.05, 0) is 49.4 Å². The summed E-state index contributed by atoms with van der Waals surface area (Å²) < 4.78 is 12.2. The van der Waals surface area contributed by atoms with Crippen LogP contribution in [0.1, 0.15) is 64.0 Å². The quantitative estimate of drug-likeness (QED) is 0.543. The van der Waals surface area contributed by atoms with Crippen molar-refractivity contribution in [2.45, 2.75) is 65.3 Å². The normalized spacial score (nSPS) is 15.1. The molecule has 3 atom stereocenters. The molecule has 24 heavy (non-hydrogen) atoms. The molecule has 3 unspecified atom stereocenters. The first-order valence-electron chi connectivity index (χ1n) is 8.98. The molecule has 0 aromatic heterocycles. The molecule has 130 valence electrons. The second-order valence-electron chi connectivity index (χ2n) is 6.75. The molecular formula is C22H30O2. The van der Waals surface area contributed by atoms with Gasteiger partial charge in [0.25, 0.3) is 0 Å². The van der Waals surface area contributed by atoms with E-state index in [1.165, 1.54) is 11.1 Å². The Morgan fingerprint density at radius 3 is 1.96 bits per heavy atom. The monoisotopic (exact) mass is 326 g/mol. The van der Waals surface area contributed by atoms with Gasteiger partial charge in [0.05, 0.1) is 6.10 Å². The van der Waals surface area contributed by atoms with Crippen molar-refractivity contribution in [2.75, 3.05) is 0 Å². The van der Waals surface area contributed by atoms with Gasteiger partial charge in [-0.1, -0.05) is 63.2 Å². The molecule has 0 N–H and O–H groups in total. The molecule has 2 nitrogen and oxygen atoms in total. The Bertz CT molecular complexity index is 589. The van der Waals surface area contributed by atoms with Crippen molar-refractivity contribution in [2.24, 2.45) is 0 Å². The topological polar surface area (TPSA) is 18.5 Å². The lowest BCUT2D eigenvalue weighted by molar-refractivity contribution is -0.119. The molecule has 0 radical (unpaired) electrons. The van der Waals surface area contributed by atoms with Crippen LogP contribution < -0.4 is 4.74 Å². The summed E-state index contributed by atoms with van der Waals surface area (Å²) in [5.74, 6) is 1.59. The molecule has 0 amide bonds. The lowest BCUT2D eigenvalue weighted by Gasteiger charge is -2.27. The lowest BCUT2D eigenvalue weighted by atomic mass is 9.98. The highest BCUT2D eigenvalue weighted by Crippen LogP contribution is 2.27. The van der Waals surface area contributed by atoms with E-state index in [9.17, 15) is 0 Å². The van der Waals surface area contributed by atoms with Gasteiger partial charge in [0.1, 0.15) is 5.75 Å². The van der Waals surface area contributed by atoms with Gasteiger partial charge in [0, 0.05) is 5.92 Å². The van der Waals surface area contributed by atoms with E-state index in [1.807, 2.05) is 19.9 Å². The van der Waals surface area contributed by atoms with E-state index in [4.69, 9.17) is 9.47 Å². The summed E-state index contributed by atoms with van der Waals surface area (Å²) in [7, 11) is 0. The minimum absolute atomic E-state index is 0.112. The van der Waals surface area contributed by atoms with E-state index in [0.29, 0.717) is 5.92 Å². The van der Waals surface area contributed by atoms with E-state index in [2.05, 4.69) is 69.3 Å². The SMILES string of the molecule is CCC(C)c1ccc(OC(OC(C)C)C(C)c2ccccc2)cc1. The summed E-state index contributed by atoms with van der Waals surface area (Å²) in [5, 5.41) is 0. The van der Waals surface area contributed by atoms with E-state index in [1.54, 1.807) is 0 Å². The van der Waals surface area contributed by atoms with E-state index in [0.717, 1.165) is 12.2 Å². The Kier molecular flexibility index (Phi) is 6.86. The minimum Gasteiger partial charge on any atom is -0.464 e. The largest absolute Gasteiger partial charge is 0.464 e. The molecule has 0 saturated carbocycles. The molecule has 2 aromatic carbocycles. The smallest absolute Gasteiger partial charge is 0.206 e. The molecule has 0 bridgehead atoms. The van der Waals surface area contributed by atoms with Crippen molar-refractivity contribution >= 4 is 0 Å². The van der Waals surface area contributed by atoms with Crippen LogP contribution in [0.2, 0.25) is 0 Å². The van der Waals surface area contributed by atoms with Gasteiger partial charge in [-0.2, -0.15) is 0 Å². The number of benzene rings is 2. The number of hydrogen-bond donors (Lipinski definition) is 0. The first kappa shape index (κ1) is 18.5. The molecule has 0 aliphatic heterocycles. The highest BCUT2D eigenvalue weighted by atomic mass is 16.7. The second-order valence-corrected chi connectivity index (χ2v) is 6.75. The van der Waals surface area contributed by atoms with Gasteiger partial charge in [0.15, 0.2) is 0 Å². The Labute approximate surface area is 146 Å². The first-order chi connectivity index (χ1) is 11.5. The van der Waals surface area contributed by atoms with Crippen molar-refractivity contribution in [3.63, 3.8) is 0 Å². The Morgan fingerprint density at radius 2 is 1.42 bits per heavy atom. The van der Waals surface area contributed by atoms with E-state index >= 15 is 0 Å². The standard InChI is InChI=1S/C22H30O2/c1-6-17(4)19-12-14-21(15-13-19)24-22(23-16(2)3)18(5)20-10-8-7-9-11-20/h7-18,22H,6H2,1-5H3. The fraction of sp³-hybridized carbons (Fsp3) is 0.455. The first-order valence-corrected chi connectivity index (χ1v) is 8.98. The molecule has 0 aliphatic rings. The van der Waals surface area contributed by atoms with Gasteiger partial charge in [0.2, 0.25) is 6.29 Å². The summed E-state index contributed by atoms with van der Waals surface area (Å²) in [6.45, 7) is 10.7. The third-order valence-corrected chi connectivity index (χ3v) is 4.45. The lowest BCUT2D eigenvalue weighted by Crippen LogP contribution is -2.29. The van der Waals surface area contributed by atoms with Gasteiger partial charge in [-0.25, -0.2) is 0 Å². The number of rotatable bonds is 8. The van der Waals surface area contributed by atoms with Gasteiger partial charge >= 0.3 is 0 Å². The molecule has 0 aliphatic carbocycles. The van der Waals surface area contributed by atoms with Crippen LogP contribution in [0.5, 0.6) is 5.75 Å². The van der Waals surface area contributed by atoms with Crippen molar-refractivity contribution in [3.05, 3.63) is 65.7 Å². The molecule has 0 spiro atoms. The van der Waals surface area contributed by atoms with Gasteiger partial charge in [-0.3, -0.25) is 0 Å². The Balaban J connectivity index is 2.13. The van der Waals surface area contributed by atoms with Gasteiger partial charge < -0.3 is 9.47 Å². The van der Waals surface area contributed by atoms with Crippen LogP contribution in [0.25, 0.3) is 0 Å². The van der Waals surface area contributed by atoms with Crippen molar-refractivity contribution in [3.8, 4) is 5.75 Å². The second kappa shape index (κ2) is 8.89. The van der Waals surface area contributed by atoms with Crippen LogP contribution in [0.4, 0.5) is 0 Å². The molecule has 0 heterocycles. The molecular weight excluding hydrogens is 296 g/mol. The molecule has 0 fully saturated rings. The molecule has 2 heteroatoms. The van der Waals surface area contributed by atoms with Crippen LogP contribution in [0.3, 0.4) is 0 Å². The summed E-state index contributed by atoms with van der Waals surface area (Å²) in [4.78, 5) is 0. The summed E-state index contributed by atoms with van der Waals surface area (Å²) >= 11 is 0.